The summed E-state index contributed by atoms with van der Waals surface area (Å²) in [5.74, 6) is 0.960. The van der Waals surface area contributed by atoms with Gasteiger partial charge in [-0.25, -0.2) is 4.39 Å². The summed E-state index contributed by atoms with van der Waals surface area (Å²) >= 11 is 0. The van der Waals surface area contributed by atoms with E-state index in [9.17, 15) is 14.0 Å². The standard InChI is InChI=1S/C34H38FN3O2/c1-34(2)29-12-9-28(31(34)22-29)23-38(32(39)25-10-13-30(35)14-11-25)20-17-36-15-18-37(19-16-36)33(40)27-8-7-24-5-3-4-6-26(24)21-27/h3-11,13-14,21,29,31H,12,15-20,22-23H2,1-2H3. The molecule has 2 atom stereocenters. The Bertz CT molecular complexity index is 1440. The van der Waals surface area contributed by atoms with Gasteiger partial charge in [-0.3, -0.25) is 14.5 Å². The molecule has 1 saturated carbocycles. The zero-order valence-corrected chi connectivity index (χ0v) is 23.5. The maximum absolute atomic E-state index is 13.6. The Hall–Kier alpha value is -3.51. The number of halogens is 1. The Morgan fingerprint density at radius 3 is 2.33 bits per heavy atom. The molecule has 0 spiro atoms. The Balaban J connectivity index is 1.09. The van der Waals surface area contributed by atoms with E-state index in [1.807, 2.05) is 46.2 Å². The quantitative estimate of drug-likeness (QED) is 0.353. The Morgan fingerprint density at radius 2 is 1.62 bits per heavy atom. The Labute approximate surface area is 236 Å². The van der Waals surface area contributed by atoms with Crippen molar-refractivity contribution in [1.29, 1.82) is 0 Å². The average Bonchev–Trinajstić information content (AvgIpc) is 2.99. The van der Waals surface area contributed by atoms with Crippen LogP contribution in [0.3, 0.4) is 0 Å². The van der Waals surface area contributed by atoms with Gasteiger partial charge in [0.2, 0.25) is 0 Å². The molecular formula is C34H38FN3O2. The topological polar surface area (TPSA) is 43.9 Å². The molecule has 2 fully saturated rings. The molecule has 0 N–H and O–H groups in total. The van der Waals surface area contributed by atoms with Crippen molar-refractivity contribution in [3.63, 3.8) is 0 Å². The minimum Gasteiger partial charge on any atom is -0.336 e. The van der Waals surface area contributed by atoms with E-state index >= 15 is 0 Å². The molecule has 3 aromatic rings. The van der Waals surface area contributed by atoms with E-state index in [0.717, 1.165) is 48.3 Å². The van der Waals surface area contributed by atoms with Gasteiger partial charge in [0.25, 0.3) is 11.8 Å². The monoisotopic (exact) mass is 539 g/mol. The first-order chi connectivity index (χ1) is 19.3. The highest BCUT2D eigenvalue weighted by molar-refractivity contribution is 5.98. The van der Waals surface area contributed by atoms with E-state index < -0.39 is 0 Å². The summed E-state index contributed by atoms with van der Waals surface area (Å²) in [5, 5.41) is 2.21. The lowest BCUT2D eigenvalue weighted by Crippen LogP contribution is -2.52. The molecule has 3 aliphatic carbocycles. The zero-order chi connectivity index (χ0) is 27.9. The maximum Gasteiger partial charge on any atom is 0.254 e. The van der Waals surface area contributed by atoms with Crippen LogP contribution >= 0.6 is 0 Å². The van der Waals surface area contributed by atoms with Crippen LogP contribution in [-0.4, -0.2) is 72.3 Å². The number of carbonyl (C=O) groups excluding carboxylic acids is 2. The largest absolute Gasteiger partial charge is 0.336 e. The second-order valence-corrected chi connectivity index (χ2v) is 12.3. The first-order valence-corrected chi connectivity index (χ1v) is 14.5. The molecule has 3 aromatic carbocycles. The second-order valence-electron chi connectivity index (χ2n) is 12.3. The molecule has 4 aliphatic rings. The zero-order valence-electron chi connectivity index (χ0n) is 23.5. The number of carbonyl (C=O) groups is 2. The van der Waals surface area contributed by atoms with E-state index in [1.54, 1.807) is 12.1 Å². The molecule has 40 heavy (non-hydrogen) atoms. The SMILES string of the molecule is CC1(C)C2CC=C(CN(CCN3CCN(C(=O)c4ccc5ccccc5c4)CC3)C(=O)c3ccc(F)cc3)C1C2. The summed E-state index contributed by atoms with van der Waals surface area (Å²) in [7, 11) is 0. The van der Waals surface area contributed by atoms with Crippen LogP contribution in [0.4, 0.5) is 4.39 Å². The minimum atomic E-state index is -0.337. The molecule has 1 aliphatic heterocycles. The van der Waals surface area contributed by atoms with Crippen LogP contribution in [0, 0.1) is 23.1 Å². The number of piperazine rings is 1. The van der Waals surface area contributed by atoms with Crippen LogP contribution in [-0.2, 0) is 0 Å². The fourth-order valence-corrected chi connectivity index (χ4v) is 6.85. The van der Waals surface area contributed by atoms with Gasteiger partial charge in [-0.05, 0) is 77.3 Å². The number of amides is 2. The molecule has 2 amide bonds. The van der Waals surface area contributed by atoms with Gasteiger partial charge in [-0.15, -0.1) is 0 Å². The Kier molecular flexibility index (Phi) is 7.22. The highest BCUT2D eigenvalue weighted by Gasteiger charge is 2.51. The van der Waals surface area contributed by atoms with Crippen LogP contribution in [0.15, 0.2) is 78.4 Å². The van der Waals surface area contributed by atoms with Gasteiger partial charge in [0.15, 0.2) is 0 Å². The van der Waals surface area contributed by atoms with E-state index in [0.29, 0.717) is 43.1 Å². The van der Waals surface area contributed by atoms with Crippen molar-refractivity contribution in [2.45, 2.75) is 26.7 Å². The van der Waals surface area contributed by atoms with Gasteiger partial charge in [-0.1, -0.05) is 55.8 Å². The maximum atomic E-state index is 13.6. The third kappa shape index (κ3) is 5.17. The number of nitrogens with zero attached hydrogens (tertiary/aromatic N) is 3. The van der Waals surface area contributed by atoms with Crippen LogP contribution < -0.4 is 0 Å². The lowest BCUT2D eigenvalue weighted by atomic mass is 9.49. The molecule has 0 aromatic heterocycles. The summed E-state index contributed by atoms with van der Waals surface area (Å²) in [5.41, 5.74) is 2.91. The molecular weight excluding hydrogens is 501 g/mol. The Morgan fingerprint density at radius 1 is 0.925 bits per heavy atom. The van der Waals surface area contributed by atoms with Crippen molar-refractivity contribution in [3.8, 4) is 0 Å². The third-order valence-electron chi connectivity index (χ3n) is 9.68. The lowest BCUT2D eigenvalue weighted by Gasteiger charge is -2.57. The second kappa shape index (κ2) is 10.8. The number of hydrogen-bond donors (Lipinski definition) is 0. The molecule has 2 unspecified atom stereocenters. The molecule has 6 heteroatoms. The molecule has 1 heterocycles. The lowest BCUT2D eigenvalue weighted by molar-refractivity contribution is -0.0105. The third-order valence-corrected chi connectivity index (χ3v) is 9.68. The van der Waals surface area contributed by atoms with E-state index in [1.165, 1.54) is 24.1 Å². The van der Waals surface area contributed by atoms with Gasteiger partial charge in [0, 0.05) is 56.9 Å². The fraction of sp³-hybridized carbons (Fsp3) is 0.412. The van der Waals surface area contributed by atoms with Gasteiger partial charge >= 0.3 is 0 Å². The summed E-state index contributed by atoms with van der Waals surface area (Å²) in [4.78, 5) is 33.0. The first kappa shape index (κ1) is 26.7. The highest BCUT2D eigenvalue weighted by atomic mass is 19.1. The number of rotatable bonds is 7. The highest BCUT2D eigenvalue weighted by Crippen LogP contribution is 2.59. The van der Waals surface area contributed by atoms with Crippen molar-refractivity contribution in [2.24, 2.45) is 17.3 Å². The van der Waals surface area contributed by atoms with Gasteiger partial charge in [0.1, 0.15) is 5.82 Å². The van der Waals surface area contributed by atoms with Crippen molar-refractivity contribution >= 4 is 22.6 Å². The first-order valence-electron chi connectivity index (χ1n) is 14.5. The molecule has 2 bridgehead atoms. The summed E-state index contributed by atoms with van der Waals surface area (Å²) in [6.07, 6.45) is 4.65. The van der Waals surface area contributed by atoms with Gasteiger partial charge in [0.05, 0.1) is 0 Å². The van der Waals surface area contributed by atoms with Crippen LogP contribution in [0.1, 0.15) is 47.4 Å². The number of hydrogen-bond acceptors (Lipinski definition) is 3. The average molecular weight is 540 g/mol. The van der Waals surface area contributed by atoms with E-state index in [2.05, 4.69) is 30.9 Å². The number of allylic oxidation sites excluding steroid dienone is 1. The van der Waals surface area contributed by atoms with Crippen molar-refractivity contribution < 1.29 is 14.0 Å². The predicted octanol–water partition coefficient (Wildman–Crippen LogP) is 5.87. The molecule has 0 radical (unpaired) electrons. The molecule has 208 valence electrons. The van der Waals surface area contributed by atoms with Crippen LogP contribution in [0.25, 0.3) is 10.8 Å². The van der Waals surface area contributed by atoms with Crippen LogP contribution in [0.5, 0.6) is 0 Å². The van der Waals surface area contributed by atoms with E-state index in [-0.39, 0.29) is 17.6 Å². The summed E-state index contributed by atoms with van der Waals surface area (Å²) in [6, 6.07) is 19.9. The van der Waals surface area contributed by atoms with Crippen molar-refractivity contribution in [2.75, 3.05) is 45.8 Å². The van der Waals surface area contributed by atoms with Crippen molar-refractivity contribution in [1.82, 2.24) is 14.7 Å². The smallest absolute Gasteiger partial charge is 0.254 e. The van der Waals surface area contributed by atoms with E-state index in [4.69, 9.17) is 0 Å². The van der Waals surface area contributed by atoms with Gasteiger partial charge in [-0.2, -0.15) is 0 Å². The summed E-state index contributed by atoms with van der Waals surface area (Å²) < 4.78 is 13.6. The molecule has 5 nitrogen and oxygen atoms in total. The van der Waals surface area contributed by atoms with Crippen molar-refractivity contribution in [3.05, 3.63) is 95.3 Å². The predicted molar refractivity (Wildman–Crippen MR) is 157 cm³/mol. The molecule has 7 rings (SSSR count). The van der Waals surface area contributed by atoms with Crippen LogP contribution in [0.2, 0.25) is 0 Å². The number of benzene rings is 3. The van der Waals surface area contributed by atoms with Gasteiger partial charge < -0.3 is 9.80 Å². The molecule has 1 saturated heterocycles. The summed E-state index contributed by atoms with van der Waals surface area (Å²) in [6.45, 7) is 9.55. The minimum absolute atomic E-state index is 0.0507. The number of fused-ring (bicyclic) bond motifs is 2. The fourth-order valence-electron chi connectivity index (χ4n) is 6.85. The normalized spacial score (nSPS) is 22.0.